The molecule has 2 atom stereocenters. The number of hydrogen-bond donors (Lipinski definition) is 1. The van der Waals surface area contributed by atoms with Crippen LogP contribution in [0.4, 0.5) is 0 Å². The summed E-state index contributed by atoms with van der Waals surface area (Å²) < 4.78 is 0. The minimum atomic E-state index is -0.0945. The van der Waals surface area contributed by atoms with Crippen molar-refractivity contribution in [1.82, 2.24) is 0 Å². The van der Waals surface area contributed by atoms with Crippen molar-refractivity contribution in [2.75, 3.05) is 0 Å². The Morgan fingerprint density at radius 2 is 1.18 bits per heavy atom. The molecule has 0 saturated carbocycles. The van der Waals surface area contributed by atoms with Crippen LogP contribution in [0.15, 0.2) is 42.5 Å². The van der Waals surface area contributed by atoms with E-state index in [4.69, 9.17) is 0 Å². The van der Waals surface area contributed by atoms with Gasteiger partial charge in [-0.05, 0) is 46.9 Å². The van der Waals surface area contributed by atoms with Crippen LogP contribution in [-0.2, 0) is 5.41 Å². The highest BCUT2D eigenvalue weighted by Gasteiger charge is 2.27. The Kier molecular flexibility index (Phi) is 12.2. The summed E-state index contributed by atoms with van der Waals surface area (Å²) in [5.41, 5.74) is 4.81. The molecule has 1 heteroatoms. The molecule has 0 spiro atoms. The standard InChI is InChI=1S/C33H52O/c1-7-9-10-11-12-13-14-15-16-18-21-27(4)31-25-29(24-30(32(31)34)26(3)8-2)33(5,6)28-22-19-17-20-23-28/h17,19-20,22-27,34H,7-16,18,21H2,1-6H3. The van der Waals surface area contributed by atoms with Gasteiger partial charge in [0.15, 0.2) is 0 Å². The normalized spacial score (nSPS) is 13.7. The first-order valence-electron chi connectivity index (χ1n) is 14.3. The van der Waals surface area contributed by atoms with Gasteiger partial charge in [0, 0.05) is 5.41 Å². The van der Waals surface area contributed by atoms with Gasteiger partial charge in [-0.25, -0.2) is 0 Å². The van der Waals surface area contributed by atoms with Crippen LogP contribution in [0.1, 0.15) is 153 Å². The van der Waals surface area contributed by atoms with Crippen molar-refractivity contribution < 1.29 is 5.11 Å². The number of rotatable bonds is 16. The van der Waals surface area contributed by atoms with Gasteiger partial charge in [0.25, 0.3) is 0 Å². The van der Waals surface area contributed by atoms with Crippen molar-refractivity contribution in [2.45, 2.75) is 136 Å². The second-order valence-electron chi connectivity index (χ2n) is 11.2. The molecule has 2 aromatic carbocycles. The van der Waals surface area contributed by atoms with Crippen LogP contribution in [0.5, 0.6) is 5.75 Å². The lowest BCUT2D eigenvalue weighted by Crippen LogP contribution is -2.20. The van der Waals surface area contributed by atoms with Crippen LogP contribution in [-0.4, -0.2) is 5.11 Å². The Hall–Kier alpha value is -1.76. The van der Waals surface area contributed by atoms with Gasteiger partial charge in [-0.1, -0.05) is 148 Å². The highest BCUT2D eigenvalue weighted by atomic mass is 16.3. The van der Waals surface area contributed by atoms with Crippen LogP contribution in [0.2, 0.25) is 0 Å². The molecule has 0 saturated heterocycles. The van der Waals surface area contributed by atoms with E-state index in [0.29, 0.717) is 17.6 Å². The fraction of sp³-hybridized carbons (Fsp3) is 0.636. The predicted octanol–water partition coefficient (Wildman–Crippen LogP) is 10.6. The Morgan fingerprint density at radius 3 is 1.71 bits per heavy atom. The van der Waals surface area contributed by atoms with Crippen LogP contribution in [0.3, 0.4) is 0 Å². The fourth-order valence-electron chi connectivity index (χ4n) is 5.13. The van der Waals surface area contributed by atoms with Gasteiger partial charge in [0.05, 0.1) is 0 Å². The third kappa shape index (κ3) is 8.17. The van der Waals surface area contributed by atoms with Gasteiger partial charge in [-0.2, -0.15) is 0 Å². The zero-order valence-corrected chi connectivity index (χ0v) is 23.1. The van der Waals surface area contributed by atoms with E-state index in [9.17, 15) is 5.11 Å². The fourth-order valence-corrected chi connectivity index (χ4v) is 5.13. The number of phenols is 1. The van der Waals surface area contributed by atoms with Crippen LogP contribution in [0, 0.1) is 0 Å². The smallest absolute Gasteiger partial charge is 0.122 e. The molecule has 0 bridgehead atoms. The molecule has 2 aromatic rings. The minimum absolute atomic E-state index is 0.0945. The van der Waals surface area contributed by atoms with E-state index in [2.05, 4.69) is 84.0 Å². The highest BCUT2D eigenvalue weighted by Crippen LogP contribution is 2.42. The van der Waals surface area contributed by atoms with Gasteiger partial charge < -0.3 is 5.11 Å². The van der Waals surface area contributed by atoms with Crippen molar-refractivity contribution in [3.8, 4) is 5.75 Å². The van der Waals surface area contributed by atoms with E-state index < -0.39 is 0 Å². The quantitative estimate of drug-likeness (QED) is 0.245. The van der Waals surface area contributed by atoms with E-state index in [1.165, 1.54) is 75.3 Å². The zero-order chi connectivity index (χ0) is 25.0. The summed E-state index contributed by atoms with van der Waals surface area (Å²) in [6.45, 7) is 13.7. The largest absolute Gasteiger partial charge is 0.507 e. The average Bonchev–Trinajstić information content (AvgIpc) is 2.85. The summed E-state index contributed by atoms with van der Waals surface area (Å²) in [5.74, 6) is 1.28. The molecule has 2 unspecified atom stereocenters. The third-order valence-corrected chi connectivity index (χ3v) is 8.05. The topological polar surface area (TPSA) is 20.2 Å². The molecule has 0 aliphatic heterocycles. The summed E-state index contributed by atoms with van der Waals surface area (Å²) in [5, 5.41) is 11.3. The molecular weight excluding hydrogens is 412 g/mol. The Morgan fingerprint density at radius 1 is 0.676 bits per heavy atom. The molecule has 0 fully saturated rings. The monoisotopic (exact) mass is 464 g/mol. The third-order valence-electron chi connectivity index (χ3n) is 8.05. The average molecular weight is 465 g/mol. The second kappa shape index (κ2) is 14.6. The zero-order valence-electron chi connectivity index (χ0n) is 23.1. The number of aromatic hydroxyl groups is 1. The summed E-state index contributed by atoms with van der Waals surface area (Å²) in [4.78, 5) is 0. The Balaban J connectivity index is 2.05. The molecule has 0 heterocycles. The number of benzene rings is 2. The first-order chi connectivity index (χ1) is 16.3. The lowest BCUT2D eigenvalue weighted by molar-refractivity contribution is 0.443. The van der Waals surface area contributed by atoms with E-state index in [-0.39, 0.29) is 5.41 Å². The van der Waals surface area contributed by atoms with Crippen LogP contribution in [0.25, 0.3) is 0 Å². The van der Waals surface area contributed by atoms with E-state index in [1.54, 1.807) is 0 Å². The van der Waals surface area contributed by atoms with Gasteiger partial charge in [0.2, 0.25) is 0 Å². The molecule has 0 aromatic heterocycles. The summed E-state index contributed by atoms with van der Waals surface area (Å²) in [6, 6.07) is 15.4. The van der Waals surface area contributed by atoms with Gasteiger partial charge >= 0.3 is 0 Å². The first kappa shape index (κ1) is 28.5. The SMILES string of the molecule is CCCCCCCCCCCCC(C)c1cc(C(C)(C)c2ccccc2)cc(C(C)CC)c1O. The molecule has 0 radical (unpaired) electrons. The van der Waals surface area contributed by atoms with Gasteiger partial charge in [-0.15, -0.1) is 0 Å². The maximum atomic E-state index is 11.3. The molecule has 190 valence electrons. The summed E-state index contributed by atoms with van der Waals surface area (Å²) >= 11 is 0. The molecule has 1 nitrogen and oxygen atoms in total. The lowest BCUT2D eigenvalue weighted by Gasteiger charge is -2.30. The van der Waals surface area contributed by atoms with E-state index in [0.717, 1.165) is 24.0 Å². The Labute approximate surface area is 211 Å². The molecule has 1 N–H and O–H groups in total. The predicted molar refractivity (Wildman–Crippen MR) is 150 cm³/mol. The van der Waals surface area contributed by atoms with Crippen molar-refractivity contribution in [1.29, 1.82) is 0 Å². The maximum absolute atomic E-state index is 11.3. The molecule has 0 amide bonds. The molecule has 0 aliphatic carbocycles. The Bertz CT molecular complexity index is 820. The van der Waals surface area contributed by atoms with E-state index >= 15 is 0 Å². The molecule has 2 rings (SSSR count). The number of hydrogen-bond acceptors (Lipinski definition) is 1. The van der Waals surface area contributed by atoms with Gasteiger partial charge in [0.1, 0.15) is 5.75 Å². The molecule has 34 heavy (non-hydrogen) atoms. The van der Waals surface area contributed by atoms with Gasteiger partial charge in [-0.3, -0.25) is 0 Å². The summed E-state index contributed by atoms with van der Waals surface area (Å²) in [6.07, 6.45) is 15.8. The lowest BCUT2D eigenvalue weighted by atomic mass is 9.75. The molecule has 0 aliphatic rings. The van der Waals surface area contributed by atoms with Crippen molar-refractivity contribution in [3.63, 3.8) is 0 Å². The molecular formula is C33H52O. The maximum Gasteiger partial charge on any atom is 0.122 e. The van der Waals surface area contributed by atoms with Crippen molar-refractivity contribution in [2.24, 2.45) is 0 Å². The van der Waals surface area contributed by atoms with Crippen molar-refractivity contribution >= 4 is 0 Å². The number of phenolic OH excluding ortho intramolecular Hbond substituents is 1. The van der Waals surface area contributed by atoms with Crippen LogP contribution < -0.4 is 0 Å². The van der Waals surface area contributed by atoms with Crippen LogP contribution >= 0.6 is 0 Å². The van der Waals surface area contributed by atoms with Crippen molar-refractivity contribution in [3.05, 3.63) is 64.7 Å². The minimum Gasteiger partial charge on any atom is -0.507 e. The first-order valence-corrected chi connectivity index (χ1v) is 14.3. The van der Waals surface area contributed by atoms with E-state index in [1.807, 2.05) is 0 Å². The highest BCUT2D eigenvalue weighted by molar-refractivity contribution is 5.51. The number of unbranched alkanes of at least 4 members (excludes halogenated alkanes) is 9. The summed E-state index contributed by atoms with van der Waals surface area (Å²) in [7, 11) is 0. The second-order valence-corrected chi connectivity index (χ2v) is 11.2.